The first-order chi connectivity index (χ1) is 48.3. The summed E-state index contributed by atoms with van der Waals surface area (Å²) in [5.41, 5.74) is 30.6. The third-order valence-electron chi connectivity index (χ3n) is 21.4. The average molecular weight is 1250 g/mol. The Morgan fingerprint density at radius 3 is 1.26 bits per heavy atom. The van der Waals surface area contributed by atoms with Crippen LogP contribution in [0.3, 0.4) is 0 Å². The second-order valence-electron chi connectivity index (χ2n) is 28.0. The normalized spacial score (nSPS) is 12.6. The van der Waals surface area contributed by atoms with E-state index >= 15 is 0 Å². The molecule has 0 N–H and O–H groups in total. The topological polar surface area (TPSA) is 6.48 Å². The monoisotopic (exact) mass is 1250 g/mol. The lowest BCUT2D eigenvalue weighted by molar-refractivity contribution is 0.590. The third kappa shape index (κ3) is 10.3. The second-order valence-corrected chi connectivity index (χ2v) is 28.0. The SMILES string of the molecule is CC(C)(C)c1ccc(Cc2cc3c4c(c2)N(CCc2c(-c5ccccc5)cccc2-c2ccccc2)c2cc(-c5ccc6c7cccc8cccc(c9cccc5c96)c87)ccc2B4c2cc(-c4ccccc4)ccc2N3CCc2c(-c3ccccc3)cccc2-c2ccccc2)cc1. The van der Waals surface area contributed by atoms with Crippen LogP contribution in [0, 0.1) is 0 Å². The minimum Gasteiger partial charge on any atom is -0.342 e. The maximum absolute atomic E-state index is 2.77. The van der Waals surface area contributed by atoms with Gasteiger partial charge in [0, 0.05) is 35.8 Å². The number of hydrogen-bond acceptors (Lipinski definition) is 2. The van der Waals surface area contributed by atoms with Gasteiger partial charge in [0.05, 0.1) is 0 Å². The van der Waals surface area contributed by atoms with Gasteiger partial charge in [-0.25, -0.2) is 0 Å². The molecule has 2 aliphatic heterocycles. The van der Waals surface area contributed by atoms with Crippen molar-refractivity contribution in [1.29, 1.82) is 0 Å². The highest BCUT2D eigenvalue weighted by atomic mass is 15.2. The van der Waals surface area contributed by atoms with Crippen molar-refractivity contribution in [3.8, 4) is 66.8 Å². The van der Waals surface area contributed by atoms with Crippen LogP contribution >= 0.6 is 0 Å². The van der Waals surface area contributed by atoms with Gasteiger partial charge in [-0.1, -0.05) is 324 Å². The van der Waals surface area contributed by atoms with Gasteiger partial charge in [-0.05, 0) is 203 Å². The summed E-state index contributed by atoms with van der Waals surface area (Å²) in [4.78, 5) is 5.49. The van der Waals surface area contributed by atoms with E-state index in [1.165, 1.54) is 177 Å². The van der Waals surface area contributed by atoms with Crippen LogP contribution in [-0.4, -0.2) is 19.8 Å². The molecule has 2 nitrogen and oxygen atoms in total. The zero-order valence-electron chi connectivity index (χ0n) is 55.7. The zero-order chi connectivity index (χ0) is 65.4. The number of benzene rings is 16. The van der Waals surface area contributed by atoms with E-state index in [1.807, 2.05) is 0 Å². The molecule has 0 atom stereocenters. The Labute approximate surface area is 575 Å². The van der Waals surface area contributed by atoms with Crippen molar-refractivity contribution in [1.82, 2.24) is 0 Å². The van der Waals surface area contributed by atoms with Gasteiger partial charge in [-0.2, -0.15) is 0 Å². The summed E-state index contributed by atoms with van der Waals surface area (Å²) in [6.07, 6.45) is 2.38. The van der Waals surface area contributed by atoms with Crippen molar-refractivity contribution in [3.05, 3.63) is 355 Å². The van der Waals surface area contributed by atoms with Crippen molar-refractivity contribution in [2.45, 2.75) is 45.4 Å². The molecule has 2 heterocycles. The van der Waals surface area contributed by atoms with Crippen molar-refractivity contribution < 1.29 is 0 Å². The van der Waals surface area contributed by atoms with Crippen LogP contribution < -0.4 is 26.2 Å². The highest BCUT2D eigenvalue weighted by Crippen LogP contribution is 2.47. The molecule has 0 radical (unpaired) electrons. The number of fused-ring (bicyclic) bond motifs is 6. The lowest BCUT2D eigenvalue weighted by atomic mass is 9.33. The fourth-order valence-corrected chi connectivity index (χ4v) is 16.7. The zero-order valence-corrected chi connectivity index (χ0v) is 55.7. The standard InChI is InChI=1S/C95H73BN2/c1-95(2,3)73-48-44-63(45-49-73)58-64-59-90-94-91(60-64)98(57-55-80-76(68-30-15-7-16-31-68)38-22-39-77(80)69-32-17-8-18-33-69)89-62-72(78-50-51-85-83-41-20-35-70-34-19-40-82(92(70)83)84-43-23-42-81(78)93(84)85)46-52-86(89)96(94)87-61-71(65-24-9-4-10-25-65)47-53-88(87)97(90)56-54-79-74(66-26-11-5-12-27-66)36-21-37-75(79)67-28-13-6-14-29-67/h4-53,59-62H,54-58H2,1-3H3. The fraction of sp³-hybridized carbons (Fsp3) is 0.0947. The summed E-state index contributed by atoms with van der Waals surface area (Å²) < 4.78 is 0. The predicted octanol–water partition coefficient (Wildman–Crippen LogP) is 22.5. The molecule has 0 saturated carbocycles. The first-order valence-electron chi connectivity index (χ1n) is 34.9. The van der Waals surface area contributed by atoms with Crippen molar-refractivity contribution in [2.24, 2.45) is 0 Å². The average Bonchev–Trinajstić information content (AvgIpc) is 0.727. The van der Waals surface area contributed by atoms with Crippen LogP contribution in [0.25, 0.3) is 110 Å². The molecule has 0 fully saturated rings. The molecule has 466 valence electrons. The smallest absolute Gasteiger partial charge is 0.252 e. The van der Waals surface area contributed by atoms with Crippen LogP contribution in [0.2, 0.25) is 0 Å². The van der Waals surface area contributed by atoms with E-state index in [4.69, 9.17) is 0 Å². The minimum atomic E-state index is -0.0865. The Morgan fingerprint density at radius 2 is 0.735 bits per heavy atom. The van der Waals surface area contributed by atoms with E-state index in [-0.39, 0.29) is 12.1 Å². The lowest BCUT2D eigenvalue weighted by Gasteiger charge is -2.45. The Balaban J connectivity index is 0.885. The van der Waals surface area contributed by atoms with Crippen molar-refractivity contribution in [3.63, 3.8) is 0 Å². The van der Waals surface area contributed by atoms with Crippen molar-refractivity contribution in [2.75, 3.05) is 22.9 Å². The minimum absolute atomic E-state index is 0.0374. The second kappa shape index (κ2) is 24.3. The molecule has 0 saturated heterocycles. The van der Waals surface area contributed by atoms with E-state index in [0.29, 0.717) is 0 Å². The number of nitrogens with zero attached hydrogens (tertiary/aromatic N) is 2. The molecule has 0 spiro atoms. The maximum Gasteiger partial charge on any atom is 0.252 e. The van der Waals surface area contributed by atoms with Crippen LogP contribution in [0.1, 0.15) is 48.6 Å². The van der Waals surface area contributed by atoms with E-state index in [2.05, 4.69) is 358 Å². The van der Waals surface area contributed by atoms with E-state index in [9.17, 15) is 0 Å². The molecule has 0 aliphatic carbocycles. The van der Waals surface area contributed by atoms with Gasteiger partial charge < -0.3 is 9.80 Å². The first kappa shape index (κ1) is 59.0. The number of anilines is 4. The highest BCUT2D eigenvalue weighted by Gasteiger charge is 2.43. The molecule has 18 rings (SSSR count). The first-order valence-corrected chi connectivity index (χ1v) is 34.9. The Kier molecular flexibility index (Phi) is 14.6. The summed E-state index contributed by atoms with van der Waals surface area (Å²) in [7, 11) is 0. The van der Waals surface area contributed by atoms with Crippen LogP contribution in [-0.2, 0) is 24.7 Å². The van der Waals surface area contributed by atoms with E-state index < -0.39 is 0 Å². The molecule has 0 amide bonds. The lowest BCUT2D eigenvalue weighted by Crippen LogP contribution is -2.62. The van der Waals surface area contributed by atoms with Crippen molar-refractivity contribution >= 4 is 88.9 Å². The van der Waals surface area contributed by atoms with Crippen LogP contribution in [0.4, 0.5) is 22.7 Å². The summed E-state index contributed by atoms with van der Waals surface area (Å²) in [5.74, 6) is 0. The Hall–Kier alpha value is -11.5. The third-order valence-corrected chi connectivity index (χ3v) is 21.4. The molecular weight excluding hydrogens is 1180 g/mol. The largest absolute Gasteiger partial charge is 0.342 e. The predicted molar refractivity (Wildman–Crippen MR) is 420 cm³/mol. The molecule has 0 bridgehead atoms. The summed E-state index contributed by atoms with van der Waals surface area (Å²) in [5, 5.41) is 10.4. The molecule has 2 aliphatic rings. The molecular formula is C95H73BN2. The van der Waals surface area contributed by atoms with Gasteiger partial charge in [0.15, 0.2) is 0 Å². The van der Waals surface area contributed by atoms with Gasteiger partial charge >= 0.3 is 0 Å². The summed E-state index contributed by atoms with van der Waals surface area (Å²) >= 11 is 0. The molecule has 16 aromatic rings. The Bertz CT molecular complexity index is 5520. The maximum atomic E-state index is 2.77. The summed E-state index contributed by atoms with van der Waals surface area (Å²) in [6.45, 7) is 8.34. The van der Waals surface area contributed by atoms with Crippen LogP contribution in [0.15, 0.2) is 328 Å². The summed E-state index contributed by atoms with van der Waals surface area (Å²) in [6, 6.07) is 124. The van der Waals surface area contributed by atoms with Crippen LogP contribution in [0.5, 0.6) is 0 Å². The van der Waals surface area contributed by atoms with Gasteiger partial charge in [0.1, 0.15) is 0 Å². The van der Waals surface area contributed by atoms with Gasteiger partial charge in [0.25, 0.3) is 6.71 Å². The van der Waals surface area contributed by atoms with E-state index in [1.54, 1.807) is 0 Å². The molecule has 0 unspecified atom stereocenters. The Morgan fingerprint density at radius 1 is 0.286 bits per heavy atom. The fourth-order valence-electron chi connectivity index (χ4n) is 16.7. The molecule has 0 aromatic heterocycles. The molecule has 98 heavy (non-hydrogen) atoms. The van der Waals surface area contributed by atoms with Gasteiger partial charge in [-0.3, -0.25) is 0 Å². The quantitative estimate of drug-likeness (QED) is 0.0608. The highest BCUT2D eigenvalue weighted by molar-refractivity contribution is 7.00. The van der Waals surface area contributed by atoms with E-state index in [0.717, 1.165) is 32.4 Å². The molecule has 3 heteroatoms. The van der Waals surface area contributed by atoms with Gasteiger partial charge in [-0.15, -0.1) is 0 Å². The molecule has 16 aromatic carbocycles. The number of rotatable bonds is 14. The number of hydrogen-bond donors (Lipinski definition) is 0. The van der Waals surface area contributed by atoms with Gasteiger partial charge in [0.2, 0.25) is 0 Å².